The van der Waals surface area contributed by atoms with Crippen LogP contribution < -0.4 is 10.6 Å². The average Bonchev–Trinajstić information content (AvgIpc) is 2.46. The number of aliphatic hydroxyl groups excluding tert-OH is 1. The number of hydrogen-bond donors (Lipinski definition) is 4. The quantitative estimate of drug-likeness (QED) is 0.633. The second kappa shape index (κ2) is 6.65. The van der Waals surface area contributed by atoms with Crippen molar-refractivity contribution in [1.29, 1.82) is 0 Å². The molecule has 1 aromatic carbocycles. The van der Waals surface area contributed by atoms with Crippen LogP contribution in [0, 0.1) is 0 Å². The molecule has 0 radical (unpaired) electrons. The number of carbonyl (C=O) groups is 1. The van der Waals surface area contributed by atoms with Gasteiger partial charge in [0.1, 0.15) is 0 Å². The Kier molecular flexibility index (Phi) is 4.90. The minimum atomic E-state index is -0.881. The van der Waals surface area contributed by atoms with E-state index in [0.717, 1.165) is 25.2 Å². The van der Waals surface area contributed by atoms with Crippen LogP contribution in [0.15, 0.2) is 24.3 Å². The molecule has 4 N–H and O–H groups in total. The van der Waals surface area contributed by atoms with Gasteiger partial charge < -0.3 is 20.8 Å². The van der Waals surface area contributed by atoms with Crippen LogP contribution in [0.2, 0.25) is 0 Å². The van der Waals surface area contributed by atoms with Gasteiger partial charge in [-0.2, -0.15) is 0 Å². The van der Waals surface area contributed by atoms with Crippen LogP contribution in [0.5, 0.6) is 0 Å². The lowest BCUT2D eigenvalue weighted by Crippen LogP contribution is -2.42. The number of aliphatic carboxylic acids is 1. The molecule has 19 heavy (non-hydrogen) atoms. The number of hydrogen-bond acceptors (Lipinski definition) is 4. The monoisotopic (exact) mass is 264 g/mol. The molecule has 1 aliphatic rings. The van der Waals surface area contributed by atoms with Gasteiger partial charge in [-0.1, -0.05) is 24.3 Å². The highest BCUT2D eigenvalue weighted by atomic mass is 16.4. The van der Waals surface area contributed by atoms with Gasteiger partial charge in [0, 0.05) is 32.1 Å². The number of carboxylic acid groups (broad SMARTS) is 1. The minimum absolute atomic E-state index is 0.0168. The maximum Gasteiger partial charge on any atom is 0.303 e. The molecule has 0 saturated carbocycles. The highest BCUT2D eigenvalue weighted by molar-refractivity contribution is 5.66. The van der Waals surface area contributed by atoms with Crippen LogP contribution in [0.1, 0.15) is 36.1 Å². The van der Waals surface area contributed by atoms with Gasteiger partial charge in [-0.15, -0.1) is 0 Å². The first-order valence-corrected chi connectivity index (χ1v) is 6.60. The van der Waals surface area contributed by atoms with Crippen molar-refractivity contribution in [2.45, 2.75) is 25.0 Å². The van der Waals surface area contributed by atoms with E-state index in [2.05, 4.69) is 10.6 Å². The first-order chi connectivity index (χ1) is 9.16. The summed E-state index contributed by atoms with van der Waals surface area (Å²) in [4.78, 5) is 10.5. The molecule has 2 atom stereocenters. The molecule has 2 rings (SSSR count). The van der Waals surface area contributed by atoms with E-state index in [9.17, 15) is 9.90 Å². The fourth-order valence-corrected chi connectivity index (χ4v) is 2.27. The molecule has 0 bridgehead atoms. The predicted octanol–water partition coefficient (Wildman–Crippen LogP) is 0.819. The molecule has 104 valence electrons. The summed E-state index contributed by atoms with van der Waals surface area (Å²) >= 11 is 0. The molecule has 1 saturated heterocycles. The third-order valence-electron chi connectivity index (χ3n) is 3.40. The molecule has 5 heteroatoms. The van der Waals surface area contributed by atoms with Crippen molar-refractivity contribution in [3.8, 4) is 0 Å². The van der Waals surface area contributed by atoms with Crippen molar-refractivity contribution in [3.05, 3.63) is 35.4 Å². The average molecular weight is 264 g/mol. The zero-order valence-corrected chi connectivity index (χ0v) is 10.8. The summed E-state index contributed by atoms with van der Waals surface area (Å²) in [6.07, 6.45) is -0.475. The minimum Gasteiger partial charge on any atom is -0.481 e. The highest BCUT2D eigenvalue weighted by Gasteiger charge is 2.15. The third kappa shape index (κ3) is 4.02. The number of benzene rings is 1. The molecular formula is C14H20N2O3. The standard InChI is InChI=1S/C14H20N2O3/c17-13(5-6-14(18)19)11-3-1-10(2-4-11)12-9-15-7-8-16-12/h1-4,12-13,15-17H,5-9H2,(H,18,19). The smallest absolute Gasteiger partial charge is 0.303 e. The Morgan fingerprint density at radius 2 is 2.05 bits per heavy atom. The van der Waals surface area contributed by atoms with Gasteiger partial charge in [0.2, 0.25) is 0 Å². The lowest BCUT2D eigenvalue weighted by atomic mass is 9.99. The van der Waals surface area contributed by atoms with Crippen LogP contribution in [0.3, 0.4) is 0 Å². The largest absolute Gasteiger partial charge is 0.481 e. The number of aliphatic hydroxyl groups is 1. The highest BCUT2D eigenvalue weighted by Crippen LogP contribution is 2.21. The Labute approximate surface area is 112 Å². The van der Waals surface area contributed by atoms with Gasteiger partial charge in [-0.3, -0.25) is 4.79 Å². The molecule has 5 nitrogen and oxygen atoms in total. The summed E-state index contributed by atoms with van der Waals surface area (Å²) in [5.41, 5.74) is 1.95. The van der Waals surface area contributed by atoms with Crippen molar-refractivity contribution in [1.82, 2.24) is 10.6 Å². The van der Waals surface area contributed by atoms with Gasteiger partial charge >= 0.3 is 5.97 Å². The summed E-state index contributed by atoms with van der Waals surface area (Å²) in [5.74, 6) is -0.881. The van der Waals surface area contributed by atoms with Gasteiger partial charge in [0.05, 0.1) is 6.10 Å². The fraction of sp³-hybridized carbons (Fsp3) is 0.500. The second-order valence-corrected chi connectivity index (χ2v) is 4.83. The van der Waals surface area contributed by atoms with Crippen LogP contribution in [0.25, 0.3) is 0 Å². The third-order valence-corrected chi connectivity index (χ3v) is 3.40. The van der Waals surface area contributed by atoms with Gasteiger partial charge in [0.15, 0.2) is 0 Å². The van der Waals surface area contributed by atoms with Crippen LogP contribution in [0.4, 0.5) is 0 Å². The Morgan fingerprint density at radius 3 is 2.63 bits per heavy atom. The summed E-state index contributed by atoms with van der Waals surface area (Å²) in [6.45, 7) is 2.84. The molecule has 0 aromatic heterocycles. The summed E-state index contributed by atoms with van der Waals surface area (Å²) in [6, 6.07) is 8.03. The van der Waals surface area contributed by atoms with Crippen molar-refractivity contribution in [2.24, 2.45) is 0 Å². The molecule has 1 heterocycles. The van der Waals surface area contributed by atoms with Gasteiger partial charge in [0.25, 0.3) is 0 Å². The maximum absolute atomic E-state index is 10.5. The normalized spacial score (nSPS) is 21.0. The Bertz CT molecular complexity index is 413. The molecular weight excluding hydrogens is 244 g/mol. The van der Waals surface area contributed by atoms with Crippen LogP contribution in [-0.2, 0) is 4.79 Å². The number of piperazine rings is 1. The lowest BCUT2D eigenvalue weighted by Gasteiger charge is -2.25. The maximum atomic E-state index is 10.5. The number of carboxylic acids is 1. The second-order valence-electron chi connectivity index (χ2n) is 4.83. The Hall–Kier alpha value is -1.43. The first kappa shape index (κ1) is 14.0. The van der Waals surface area contributed by atoms with Crippen molar-refractivity contribution >= 4 is 5.97 Å². The fourth-order valence-electron chi connectivity index (χ4n) is 2.27. The number of rotatable bonds is 5. The van der Waals surface area contributed by atoms with E-state index in [4.69, 9.17) is 5.11 Å². The van der Waals surface area contributed by atoms with Gasteiger partial charge in [-0.05, 0) is 17.5 Å². The SMILES string of the molecule is O=C(O)CCC(O)c1ccc(C2CNCCN2)cc1. The van der Waals surface area contributed by atoms with E-state index in [1.54, 1.807) is 0 Å². The van der Waals surface area contributed by atoms with E-state index in [-0.39, 0.29) is 12.8 Å². The first-order valence-electron chi connectivity index (χ1n) is 6.60. The zero-order chi connectivity index (χ0) is 13.7. The van der Waals surface area contributed by atoms with E-state index >= 15 is 0 Å². The number of nitrogens with one attached hydrogen (secondary N) is 2. The van der Waals surface area contributed by atoms with Crippen molar-refractivity contribution in [3.63, 3.8) is 0 Å². The summed E-state index contributed by atoms with van der Waals surface area (Å²) in [7, 11) is 0. The van der Waals surface area contributed by atoms with E-state index in [1.165, 1.54) is 5.56 Å². The van der Waals surface area contributed by atoms with Crippen LogP contribution >= 0.6 is 0 Å². The predicted molar refractivity (Wildman–Crippen MR) is 71.9 cm³/mol. The molecule has 1 fully saturated rings. The molecule has 0 aliphatic carbocycles. The molecule has 1 aliphatic heterocycles. The molecule has 0 spiro atoms. The molecule has 0 amide bonds. The van der Waals surface area contributed by atoms with Crippen molar-refractivity contribution in [2.75, 3.05) is 19.6 Å². The van der Waals surface area contributed by atoms with Gasteiger partial charge in [-0.25, -0.2) is 0 Å². The van der Waals surface area contributed by atoms with Crippen LogP contribution in [-0.4, -0.2) is 35.8 Å². The van der Waals surface area contributed by atoms with Crippen molar-refractivity contribution < 1.29 is 15.0 Å². The summed E-state index contributed by atoms with van der Waals surface area (Å²) in [5, 5.41) is 25.2. The Balaban J connectivity index is 1.95. The van der Waals surface area contributed by atoms with E-state index < -0.39 is 12.1 Å². The zero-order valence-electron chi connectivity index (χ0n) is 10.8. The Morgan fingerprint density at radius 1 is 1.32 bits per heavy atom. The summed E-state index contributed by atoms with van der Waals surface area (Å²) < 4.78 is 0. The molecule has 1 aromatic rings. The topological polar surface area (TPSA) is 81.6 Å². The molecule has 2 unspecified atom stereocenters. The lowest BCUT2D eigenvalue weighted by molar-refractivity contribution is -0.137. The van der Waals surface area contributed by atoms with E-state index in [1.807, 2.05) is 24.3 Å². The van der Waals surface area contributed by atoms with E-state index in [0.29, 0.717) is 6.04 Å².